The fourth-order valence-corrected chi connectivity index (χ4v) is 11.7. The molecule has 0 amide bonds. The fourth-order valence-electron chi connectivity index (χ4n) is 11.7. The minimum Gasteiger partial charge on any atom is -0.462 e. The third kappa shape index (κ3) is 70.5. The molecule has 6 heteroatoms. The number of carbonyl (C=O) groups is 3. The first-order chi connectivity index (χ1) is 41.0. The van der Waals surface area contributed by atoms with E-state index in [9.17, 15) is 14.4 Å². The minimum atomic E-state index is -0.772. The Labute approximate surface area is 519 Å². The topological polar surface area (TPSA) is 78.9 Å². The lowest BCUT2D eigenvalue weighted by Crippen LogP contribution is -2.30. The van der Waals surface area contributed by atoms with Crippen molar-refractivity contribution in [2.45, 2.75) is 438 Å². The molecule has 0 radical (unpaired) electrons. The molecule has 0 aromatic rings. The molecular weight excluding hydrogens is 1020 g/mol. The zero-order valence-corrected chi connectivity index (χ0v) is 56.5. The van der Waals surface area contributed by atoms with Gasteiger partial charge < -0.3 is 14.2 Å². The van der Waals surface area contributed by atoms with Gasteiger partial charge in [-0.15, -0.1) is 0 Å². The van der Waals surface area contributed by atoms with Crippen LogP contribution in [0.25, 0.3) is 0 Å². The normalized spacial score (nSPS) is 12.1. The highest BCUT2D eigenvalue weighted by molar-refractivity contribution is 5.71. The summed E-state index contributed by atoms with van der Waals surface area (Å²) in [6, 6.07) is 0. The highest BCUT2D eigenvalue weighted by atomic mass is 16.6. The van der Waals surface area contributed by atoms with E-state index in [1.54, 1.807) is 0 Å². The second-order valence-corrected chi connectivity index (χ2v) is 25.9. The van der Waals surface area contributed by atoms with Crippen LogP contribution < -0.4 is 0 Å². The van der Waals surface area contributed by atoms with Gasteiger partial charge in [0.1, 0.15) is 13.2 Å². The first-order valence-corrected chi connectivity index (χ1v) is 37.8. The summed E-state index contributed by atoms with van der Waals surface area (Å²) in [5.41, 5.74) is 0. The van der Waals surface area contributed by atoms with Gasteiger partial charge in [-0.2, -0.15) is 0 Å². The van der Waals surface area contributed by atoms with Crippen molar-refractivity contribution >= 4 is 17.9 Å². The largest absolute Gasteiger partial charge is 0.462 e. The van der Waals surface area contributed by atoms with Gasteiger partial charge >= 0.3 is 17.9 Å². The van der Waals surface area contributed by atoms with Gasteiger partial charge in [-0.05, 0) is 70.6 Å². The number of esters is 3. The van der Waals surface area contributed by atoms with E-state index in [1.165, 1.54) is 327 Å². The number of allylic oxidation sites excluding steroid dienone is 4. The molecule has 0 bridgehead atoms. The average Bonchev–Trinajstić information content (AvgIpc) is 3.49. The predicted octanol–water partition coefficient (Wildman–Crippen LogP) is 26.1. The van der Waals surface area contributed by atoms with Crippen LogP contribution in [0.5, 0.6) is 0 Å². The maximum Gasteiger partial charge on any atom is 0.306 e. The van der Waals surface area contributed by atoms with Gasteiger partial charge in [-0.1, -0.05) is 366 Å². The molecule has 0 fully saturated rings. The Hall–Kier alpha value is -2.11. The third-order valence-electron chi connectivity index (χ3n) is 17.4. The van der Waals surface area contributed by atoms with Crippen molar-refractivity contribution in [3.05, 3.63) is 24.3 Å². The van der Waals surface area contributed by atoms with Crippen LogP contribution in [-0.2, 0) is 28.6 Å². The second-order valence-electron chi connectivity index (χ2n) is 25.9. The Balaban J connectivity index is 4.19. The predicted molar refractivity (Wildman–Crippen MR) is 363 cm³/mol. The van der Waals surface area contributed by atoms with Gasteiger partial charge in [0.15, 0.2) is 6.10 Å². The van der Waals surface area contributed by atoms with Crippen molar-refractivity contribution in [2.75, 3.05) is 13.2 Å². The fraction of sp³-hybridized carbons (Fsp3) is 0.909. The van der Waals surface area contributed by atoms with Crippen molar-refractivity contribution in [1.82, 2.24) is 0 Å². The Bertz CT molecular complexity index is 1340. The Kier molecular flexibility index (Phi) is 70.5. The molecule has 83 heavy (non-hydrogen) atoms. The lowest BCUT2D eigenvalue weighted by molar-refractivity contribution is -0.167. The van der Waals surface area contributed by atoms with E-state index in [4.69, 9.17) is 14.2 Å². The molecule has 6 nitrogen and oxygen atoms in total. The van der Waals surface area contributed by atoms with Crippen molar-refractivity contribution in [2.24, 2.45) is 0 Å². The number of hydrogen-bond acceptors (Lipinski definition) is 6. The van der Waals surface area contributed by atoms with E-state index >= 15 is 0 Å². The zero-order chi connectivity index (χ0) is 59.9. The van der Waals surface area contributed by atoms with Gasteiger partial charge in [-0.25, -0.2) is 0 Å². The van der Waals surface area contributed by atoms with Gasteiger partial charge in [-0.3, -0.25) is 14.4 Å². The highest BCUT2D eigenvalue weighted by Gasteiger charge is 2.20. The molecule has 490 valence electrons. The molecule has 1 unspecified atom stereocenters. The molecule has 0 aliphatic rings. The Morgan fingerprint density at radius 2 is 0.398 bits per heavy atom. The minimum absolute atomic E-state index is 0.0672. The molecule has 0 saturated carbocycles. The number of unbranched alkanes of at least 4 members (excludes halogenated alkanes) is 56. The van der Waals surface area contributed by atoms with Crippen LogP contribution in [0.1, 0.15) is 432 Å². The number of carbonyl (C=O) groups excluding carboxylic acids is 3. The summed E-state index contributed by atoms with van der Waals surface area (Å²) in [6.07, 6.45) is 89.4. The van der Waals surface area contributed by atoms with Crippen molar-refractivity contribution in [3.63, 3.8) is 0 Å². The lowest BCUT2D eigenvalue weighted by atomic mass is 10.0. The standard InChI is InChI=1S/C77H146O6/c1-4-7-10-13-16-19-22-25-28-30-32-34-36-37-38-39-40-41-42-44-45-47-49-52-55-58-61-64-67-70-76(79)82-73-74(72-81-75(78)69-66-63-60-57-54-51-27-24-21-18-15-12-9-6-3)83-77(80)71-68-65-62-59-56-53-50-48-46-43-35-33-31-29-26-23-20-17-14-11-8-5-2/h24,27,30,32,74H,4-23,25-26,28-29,31,33-73H2,1-3H3/b27-24-,32-30-. The molecule has 0 spiro atoms. The molecule has 0 aromatic carbocycles. The SMILES string of the molecule is CCCCCCC/C=C\CCCCCCCC(=O)OCC(COC(=O)CCCCCCCCCCCCCCCCCCC/C=C\CCCCCCCCCC)OC(=O)CCCCCCCCCCCCCCCCCCCCCCCC. The van der Waals surface area contributed by atoms with Crippen molar-refractivity contribution in [1.29, 1.82) is 0 Å². The quantitative estimate of drug-likeness (QED) is 0.0261. The van der Waals surface area contributed by atoms with Crippen LogP contribution in [0.15, 0.2) is 24.3 Å². The molecule has 0 aliphatic heterocycles. The number of rotatable bonds is 71. The summed E-state index contributed by atoms with van der Waals surface area (Å²) >= 11 is 0. The average molecular weight is 1170 g/mol. The lowest BCUT2D eigenvalue weighted by Gasteiger charge is -2.18. The van der Waals surface area contributed by atoms with E-state index < -0.39 is 6.10 Å². The van der Waals surface area contributed by atoms with E-state index in [2.05, 4.69) is 45.1 Å². The maximum atomic E-state index is 13.0. The summed E-state index contributed by atoms with van der Waals surface area (Å²) in [6.45, 7) is 6.72. The summed E-state index contributed by atoms with van der Waals surface area (Å²) < 4.78 is 17.0. The van der Waals surface area contributed by atoms with Gasteiger partial charge in [0, 0.05) is 19.3 Å². The van der Waals surface area contributed by atoms with Crippen molar-refractivity contribution in [3.8, 4) is 0 Å². The second kappa shape index (κ2) is 72.4. The monoisotopic (exact) mass is 1170 g/mol. The highest BCUT2D eigenvalue weighted by Crippen LogP contribution is 2.19. The van der Waals surface area contributed by atoms with Crippen LogP contribution in [-0.4, -0.2) is 37.2 Å². The number of hydrogen-bond donors (Lipinski definition) is 0. The molecular formula is C77H146O6. The summed E-state index contributed by atoms with van der Waals surface area (Å²) in [5, 5.41) is 0. The van der Waals surface area contributed by atoms with E-state index in [0.717, 1.165) is 64.2 Å². The van der Waals surface area contributed by atoms with E-state index in [0.29, 0.717) is 19.3 Å². The summed E-state index contributed by atoms with van der Waals surface area (Å²) in [5.74, 6) is -0.840. The summed E-state index contributed by atoms with van der Waals surface area (Å²) in [7, 11) is 0. The molecule has 0 saturated heterocycles. The number of ether oxygens (including phenoxy) is 3. The smallest absolute Gasteiger partial charge is 0.306 e. The van der Waals surface area contributed by atoms with Gasteiger partial charge in [0.2, 0.25) is 0 Å². The molecule has 0 N–H and O–H groups in total. The van der Waals surface area contributed by atoms with Crippen LogP contribution in [0.2, 0.25) is 0 Å². The molecule has 1 atom stereocenters. The molecule has 0 aromatic heterocycles. The van der Waals surface area contributed by atoms with Crippen LogP contribution in [0.3, 0.4) is 0 Å². The van der Waals surface area contributed by atoms with E-state index in [1.807, 2.05) is 0 Å². The van der Waals surface area contributed by atoms with Crippen LogP contribution in [0.4, 0.5) is 0 Å². The molecule has 0 rings (SSSR count). The van der Waals surface area contributed by atoms with Crippen LogP contribution in [0, 0.1) is 0 Å². The first-order valence-electron chi connectivity index (χ1n) is 37.8. The van der Waals surface area contributed by atoms with E-state index in [-0.39, 0.29) is 31.1 Å². The Morgan fingerprint density at radius 1 is 0.229 bits per heavy atom. The summed E-state index contributed by atoms with van der Waals surface area (Å²) in [4.78, 5) is 38.5. The third-order valence-corrected chi connectivity index (χ3v) is 17.4. The van der Waals surface area contributed by atoms with Gasteiger partial charge in [0.05, 0.1) is 0 Å². The van der Waals surface area contributed by atoms with Crippen molar-refractivity contribution < 1.29 is 28.6 Å². The first kappa shape index (κ1) is 80.9. The molecule has 0 aliphatic carbocycles. The van der Waals surface area contributed by atoms with Crippen LogP contribution >= 0.6 is 0 Å². The Morgan fingerprint density at radius 3 is 0.602 bits per heavy atom. The molecule has 0 heterocycles. The maximum absolute atomic E-state index is 13.0. The zero-order valence-electron chi connectivity index (χ0n) is 56.5. The van der Waals surface area contributed by atoms with Gasteiger partial charge in [0.25, 0.3) is 0 Å².